The van der Waals surface area contributed by atoms with Crippen LogP contribution >= 0.6 is 0 Å². The zero-order chi connectivity index (χ0) is 22.1. The van der Waals surface area contributed by atoms with Crippen LogP contribution < -0.4 is 5.32 Å². The maximum atomic E-state index is 12.9. The van der Waals surface area contributed by atoms with Crippen LogP contribution in [-0.2, 0) is 19.7 Å². The van der Waals surface area contributed by atoms with Crippen LogP contribution in [0.4, 0.5) is 4.79 Å². The number of urea groups is 1. The van der Waals surface area contributed by atoms with Gasteiger partial charge in [-0.2, -0.15) is 0 Å². The second-order valence-electron chi connectivity index (χ2n) is 9.35. The van der Waals surface area contributed by atoms with E-state index in [4.69, 9.17) is 4.74 Å². The van der Waals surface area contributed by atoms with Crippen molar-refractivity contribution in [3.63, 3.8) is 0 Å². The van der Waals surface area contributed by atoms with Crippen molar-refractivity contribution in [2.45, 2.75) is 64.3 Å². The summed E-state index contributed by atoms with van der Waals surface area (Å²) in [6, 6.07) is 6.61. The number of amides is 3. The van der Waals surface area contributed by atoms with E-state index >= 15 is 0 Å². The first-order valence-corrected chi connectivity index (χ1v) is 10.5. The summed E-state index contributed by atoms with van der Waals surface area (Å²) in [6.45, 7) is 7.27. The van der Waals surface area contributed by atoms with Crippen LogP contribution in [0.5, 0.6) is 0 Å². The summed E-state index contributed by atoms with van der Waals surface area (Å²) in [5.74, 6) is -1.47. The Hall–Kier alpha value is -2.70. The molecular weight excluding hydrogens is 384 g/mol. The SMILES string of the molecule is C[C@@H]1CCCC[C@@]12NC(=O)N(CC(=O)OCC(=O)c1ccc(C(C)(C)C)cc1)C2=O. The van der Waals surface area contributed by atoms with Crippen LogP contribution in [0.1, 0.15) is 69.3 Å². The van der Waals surface area contributed by atoms with Crippen molar-refractivity contribution < 1.29 is 23.9 Å². The number of carbonyl (C=O) groups is 4. The maximum Gasteiger partial charge on any atom is 0.326 e. The number of esters is 1. The van der Waals surface area contributed by atoms with Gasteiger partial charge in [-0.15, -0.1) is 0 Å². The van der Waals surface area contributed by atoms with Crippen molar-refractivity contribution in [2.24, 2.45) is 5.92 Å². The molecule has 30 heavy (non-hydrogen) atoms. The maximum absolute atomic E-state index is 12.9. The van der Waals surface area contributed by atoms with Gasteiger partial charge in [0.05, 0.1) is 0 Å². The van der Waals surface area contributed by atoms with Gasteiger partial charge in [-0.05, 0) is 29.7 Å². The van der Waals surface area contributed by atoms with E-state index in [9.17, 15) is 19.2 Å². The van der Waals surface area contributed by atoms with Crippen molar-refractivity contribution in [2.75, 3.05) is 13.2 Å². The van der Waals surface area contributed by atoms with Crippen LogP contribution in [0, 0.1) is 5.92 Å². The van der Waals surface area contributed by atoms with Gasteiger partial charge < -0.3 is 10.1 Å². The number of Topliss-reactive ketones (excluding diaryl/α,β-unsaturated/α-hetero) is 1. The molecule has 2 aliphatic rings. The van der Waals surface area contributed by atoms with Gasteiger partial charge in [-0.1, -0.05) is 64.8 Å². The molecule has 0 unspecified atom stereocenters. The molecule has 7 nitrogen and oxygen atoms in total. The van der Waals surface area contributed by atoms with Crippen molar-refractivity contribution in [3.05, 3.63) is 35.4 Å². The molecule has 1 aromatic rings. The summed E-state index contributed by atoms with van der Waals surface area (Å²) < 4.78 is 5.05. The smallest absolute Gasteiger partial charge is 0.326 e. The fourth-order valence-corrected chi connectivity index (χ4v) is 4.20. The number of nitrogens with one attached hydrogen (secondary N) is 1. The molecule has 162 valence electrons. The topological polar surface area (TPSA) is 92.8 Å². The van der Waals surface area contributed by atoms with Gasteiger partial charge in [0, 0.05) is 5.56 Å². The summed E-state index contributed by atoms with van der Waals surface area (Å²) in [6.07, 6.45) is 3.31. The minimum atomic E-state index is -0.916. The third-order valence-corrected chi connectivity index (χ3v) is 6.23. The van der Waals surface area contributed by atoms with Gasteiger partial charge in [0.2, 0.25) is 0 Å². The van der Waals surface area contributed by atoms with Crippen LogP contribution in [0.3, 0.4) is 0 Å². The highest BCUT2D eigenvalue weighted by atomic mass is 16.5. The molecule has 1 saturated carbocycles. The number of benzene rings is 1. The zero-order valence-corrected chi connectivity index (χ0v) is 18.1. The van der Waals surface area contributed by atoms with E-state index in [1.807, 2.05) is 19.1 Å². The number of rotatable bonds is 5. The van der Waals surface area contributed by atoms with E-state index in [0.29, 0.717) is 12.0 Å². The van der Waals surface area contributed by atoms with Crippen LogP contribution in [-0.4, -0.2) is 47.3 Å². The van der Waals surface area contributed by atoms with Crippen LogP contribution in [0.2, 0.25) is 0 Å². The monoisotopic (exact) mass is 414 g/mol. The molecule has 1 aromatic carbocycles. The standard InChI is InChI=1S/C23H30N2O5/c1-15-7-5-6-12-23(15)20(28)25(21(29)24-23)13-19(27)30-14-18(26)16-8-10-17(11-9-16)22(2,3)4/h8-11,15H,5-7,12-14H2,1-4H3,(H,24,29)/t15-,23-/m1/s1. The number of hydrogen-bond acceptors (Lipinski definition) is 5. The number of imide groups is 1. The zero-order valence-electron chi connectivity index (χ0n) is 18.1. The minimum absolute atomic E-state index is 0.0152. The third-order valence-electron chi connectivity index (χ3n) is 6.23. The Morgan fingerprint density at radius 2 is 1.83 bits per heavy atom. The molecule has 1 saturated heterocycles. The molecule has 1 aliphatic carbocycles. The number of hydrogen-bond donors (Lipinski definition) is 1. The molecule has 0 aromatic heterocycles. The van der Waals surface area contributed by atoms with E-state index in [-0.39, 0.29) is 23.0 Å². The minimum Gasteiger partial charge on any atom is -0.456 e. The second-order valence-corrected chi connectivity index (χ2v) is 9.35. The lowest BCUT2D eigenvalue weighted by molar-refractivity contribution is -0.147. The summed E-state index contributed by atoms with van der Waals surface area (Å²) in [5, 5.41) is 2.80. The number of ketones is 1. The molecular formula is C23H30N2O5. The van der Waals surface area contributed by atoms with Crippen molar-refractivity contribution in [1.29, 1.82) is 0 Å². The van der Waals surface area contributed by atoms with Gasteiger partial charge in [0.1, 0.15) is 12.1 Å². The van der Waals surface area contributed by atoms with Crippen molar-refractivity contribution in [3.8, 4) is 0 Å². The van der Waals surface area contributed by atoms with Crippen molar-refractivity contribution in [1.82, 2.24) is 10.2 Å². The molecule has 3 amide bonds. The molecule has 7 heteroatoms. The Labute approximate surface area is 177 Å². The second kappa shape index (κ2) is 8.20. The largest absolute Gasteiger partial charge is 0.456 e. The quantitative estimate of drug-likeness (QED) is 0.454. The van der Waals surface area contributed by atoms with E-state index in [2.05, 4.69) is 26.1 Å². The fourth-order valence-electron chi connectivity index (χ4n) is 4.20. The van der Waals surface area contributed by atoms with Gasteiger partial charge in [0.25, 0.3) is 5.91 Å². The lowest BCUT2D eigenvalue weighted by Gasteiger charge is -2.36. The van der Waals surface area contributed by atoms with E-state index in [0.717, 1.165) is 29.7 Å². The number of carbonyl (C=O) groups excluding carboxylic acids is 4. The lowest BCUT2D eigenvalue weighted by Crippen LogP contribution is -2.54. The Balaban J connectivity index is 1.56. The van der Waals surface area contributed by atoms with E-state index < -0.39 is 30.7 Å². The average molecular weight is 415 g/mol. The molecule has 3 rings (SSSR count). The molecule has 2 fully saturated rings. The average Bonchev–Trinajstić information content (AvgIpc) is 2.93. The molecule has 1 N–H and O–H groups in total. The predicted molar refractivity (Wildman–Crippen MR) is 111 cm³/mol. The summed E-state index contributed by atoms with van der Waals surface area (Å²) >= 11 is 0. The summed E-state index contributed by atoms with van der Waals surface area (Å²) in [5.41, 5.74) is 0.603. The third kappa shape index (κ3) is 4.25. The molecule has 1 aliphatic heterocycles. The molecule has 1 spiro atoms. The molecule has 1 heterocycles. The Kier molecular flexibility index (Phi) is 6.01. The van der Waals surface area contributed by atoms with Crippen LogP contribution in [0.15, 0.2) is 24.3 Å². The highest BCUT2D eigenvalue weighted by Gasteiger charge is 2.55. The lowest BCUT2D eigenvalue weighted by atomic mass is 9.73. The van der Waals surface area contributed by atoms with E-state index in [1.54, 1.807) is 12.1 Å². The highest BCUT2D eigenvalue weighted by molar-refractivity contribution is 6.09. The molecule has 0 bridgehead atoms. The first-order chi connectivity index (χ1) is 14.0. The Morgan fingerprint density at radius 1 is 1.17 bits per heavy atom. The normalized spacial score (nSPS) is 24.1. The summed E-state index contributed by atoms with van der Waals surface area (Å²) in [4.78, 5) is 50.7. The van der Waals surface area contributed by atoms with Gasteiger partial charge >= 0.3 is 12.0 Å². The van der Waals surface area contributed by atoms with Crippen LogP contribution in [0.25, 0.3) is 0 Å². The summed E-state index contributed by atoms with van der Waals surface area (Å²) in [7, 11) is 0. The van der Waals surface area contributed by atoms with E-state index in [1.165, 1.54) is 0 Å². The number of nitrogens with zero attached hydrogens (tertiary/aromatic N) is 1. The Bertz CT molecular complexity index is 855. The van der Waals surface area contributed by atoms with Gasteiger partial charge in [-0.3, -0.25) is 19.3 Å². The highest BCUT2D eigenvalue weighted by Crippen LogP contribution is 2.38. The van der Waals surface area contributed by atoms with Gasteiger partial charge in [0.15, 0.2) is 12.4 Å². The predicted octanol–water partition coefficient (Wildman–Crippen LogP) is 3.21. The fraction of sp³-hybridized carbons (Fsp3) is 0.565. The Morgan fingerprint density at radius 3 is 2.43 bits per heavy atom. The van der Waals surface area contributed by atoms with Gasteiger partial charge in [-0.25, -0.2) is 4.79 Å². The first-order valence-electron chi connectivity index (χ1n) is 10.5. The molecule has 2 atom stereocenters. The molecule has 0 radical (unpaired) electrons. The number of ether oxygens (including phenoxy) is 1. The first kappa shape index (κ1) is 22.0. The van der Waals surface area contributed by atoms with Crippen molar-refractivity contribution >= 4 is 23.7 Å².